The van der Waals surface area contributed by atoms with Crippen molar-refractivity contribution in [2.45, 2.75) is 151 Å². The molecule has 6 heteroatoms. The van der Waals surface area contributed by atoms with E-state index in [0.29, 0.717) is 16.7 Å². The van der Waals surface area contributed by atoms with Gasteiger partial charge in [0.15, 0.2) is 0 Å². The van der Waals surface area contributed by atoms with E-state index in [9.17, 15) is 15.8 Å². The number of fused-ring (bicyclic) bond motifs is 15. The number of hydrogen-bond acceptors (Lipinski definition) is 6. The summed E-state index contributed by atoms with van der Waals surface area (Å²) < 4.78 is 0. The Morgan fingerprint density at radius 2 is 0.600 bits per heavy atom. The molecule has 0 aromatic heterocycles. The van der Waals surface area contributed by atoms with Crippen LogP contribution in [0, 0.1) is 34.0 Å². The molecule has 0 amide bonds. The van der Waals surface area contributed by atoms with Gasteiger partial charge >= 0.3 is 0 Å². The summed E-state index contributed by atoms with van der Waals surface area (Å²) in [6, 6.07) is 80.7. The van der Waals surface area contributed by atoms with Crippen molar-refractivity contribution in [3.8, 4) is 51.6 Å². The van der Waals surface area contributed by atoms with Gasteiger partial charge in [-0.2, -0.15) is 15.8 Å². The Hall–Kier alpha value is -10.2. The Balaban J connectivity index is 0.804. The SMILES string of the molecule is CC12CCCCC1(C)N(c1ccc(C#N)cc1)c1ccc(-c3ccc4c5cc6c(cc5c5cccc3c54)c3ccc(-c4ccc5c(c4)C4(C)CCCCC4(C)N5c4ccc(C#N)cc4)c4c(-c5ccc7c(c5)C5(C)CCCCC5(C)N7c5ccc(C#N)cc5)ccc6c43)cc12. The molecule has 3 saturated carbocycles. The fraction of sp³-hybridized carbons (Fsp3) is 0.270. The molecule has 19 rings (SSSR count). The second-order valence-electron chi connectivity index (χ2n) is 30.5. The van der Waals surface area contributed by atoms with Crippen molar-refractivity contribution in [1.82, 2.24) is 0 Å². The van der Waals surface area contributed by atoms with Crippen LogP contribution in [0.15, 0.2) is 194 Å². The minimum atomic E-state index is -0.144. The maximum atomic E-state index is 9.86. The molecule has 3 fully saturated rings. The summed E-state index contributed by atoms with van der Waals surface area (Å²) in [5, 5.41) is 45.1. The molecule has 0 saturated heterocycles. The summed E-state index contributed by atoms with van der Waals surface area (Å²) in [6.45, 7) is 15.0. The van der Waals surface area contributed by atoms with Crippen molar-refractivity contribution in [3.63, 3.8) is 0 Å². The summed E-state index contributed by atoms with van der Waals surface area (Å²) in [6.07, 6.45) is 13.8. The van der Waals surface area contributed by atoms with E-state index in [0.717, 1.165) is 55.6 Å². The molecule has 13 aromatic carbocycles. The van der Waals surface area contributed by atoms with Crippen molar-refractivity contribution in [2.75, 3.05) is 14.7 Å². The number of rotatable bonds is 6. The Morgan fingerprint density at radius 1 is 0.284 bits per heavy atom. The van der Waals surface area contributed by atoms with Gasteiger partial charge in [-0.3, -0.25) is 0 Å². The quantitative estimate of drug-likeness (QED) is 0.165. The van der Waals surface area contributed by atoms with Crippen LogP contribution in [0.3, 0.4) is 0 Å². The Bertz CT molecular complexity index is 5370. The average Bonchev–Trinajstić information content (AvgIpc) is 1.57. The van der Waals surface area contributed by atoms with Gasteiger partial charge in [-0.15, -0.1) is 0 Å². The van der Waals surface area contributed by atoms with E-state index in [1.807, 2.05) is 36.4 Å². The lowest BCUT2D eigenvalue weighted by molar-refractivity contribution is 0.195. The summed E-state index contributed by atoms with van der Waals surface area (Å²) in [5.74, 6) is 0. The standard InChI is InChI=1S/C89H74N6/c1-84-40-7-10-43-87(84,4)93(60-25-16-54(51-90)17-26-60)78-37-22-57(46-75(78)84)63-31-34-68-72-50-74-70-36-33-65(59-24-39-80-77(48-59)86(3)42-9-12-45-89(86,6)95(80)62-29-20-56(53-92)21-30-62)82-64(32-35-69(83(70)82)73(74)49-71(72)67-15-13-14-66(63)81(67)68)58-23-38-79-76(47-58)85(2)41-8-11-44-88(85,5)94(79)61-27-18-55(52-91)19-28-61/h13-39,46-50H,7-12,40-45H2,1-6H3. The van der Waals surface area contributed by atoms with Gasteiger partial charge in [-0.05, 0) is 295 Å². The fourth-order valence-corrected chi connectivity index (χ4v) is 21.0. The molecule has 6 nitrogen and oxygen atoms in total. The van der Waals surface area contributed by atoms with Gasteiger partial charge in [0.25, 0.3) is 0 Å². The summed E-state index contributed by atoms with van der Waals surface area (Å²) >= 11 is 0. The van der Waals surface area contributed by atoms with E-state index in [1.54, 1.807) is 0 Å². The van der Waals surface area contributed by atoms with E-state index in [2.05, 4.69) is 232 Å². The van der Waals surface area contributed by atoms with E-state index in [-0.39, 0.29) is 32.9 Å². The molecule has 13 aromatic rings. The third kappa shape index (κ3) is 7.16. The van der Waals surface area contributed by atoms with Crippen LogP contribution in [0.4, 0.5) is 34.1 Å². The summed E-state index contributed by atoms with van der Waals surface area (Å²) in [4.78, 5) is 7.85. The highest BCUT2D eigenvalue weighted by Crippen LogP contribution is 2.65. The summed E-state index contributed by atoms with van der Waals surface area (Å²) in [5.41, 5.74) is 20.5. The molecular weight excluding hydrogens is 1150 g/mol. The number of hydrogen-bond donors (Lipinski definition) is 0. The highest BCUT2D eigenvalue weighted by molar-refractivity contribution is 6.39. The van der Waals surface area contributed by atoms with Gasteiger partial charge in [0, 0.05) is 50.4 Å². The maximum Gasteiger partial charge on any atom is 0.0991 e. The third-order valence-corrected chi connectivity index (χ3v) is 26.5. The molecular formula is C89H74N6. The first-order valence-electron chi connectivity index (χ1n) is 34.9. The van der Waals surface area contributed by atoms with Gasteiger partial charge in [-0.25, -0.2) is 0 Å². The molecule has 3 aliphatic carbocycles. The average molecular weight is 1230 g/mol. The molecule has 0 N–H and O–H groups in total. The summed E-state index contributed by atoms with van der Waals surface area (Å²) in [7, 11) is 0. The van der Waals surface area contributed by atoms with Crippen LogP contribution < -0.4 is 14.7 Å². The second-order valence-corrected chi connectivity index (χ2v) is 30.5. The number of anilines is 6. The lowest BCUT2D eigenvalue weighted by Crippen LogP contribution is -2.54. The van der Waals surface area contributed by atoms with Crippen molar-refractivity contribution < 1.29 is 0 Å². The van der Waals surface area contributed by atoms with Gasteiger partial charge in [-0.1, -0.05) is 132 Å². The molecule has 6 aliphatic rings. The van der Waals surface area contributed by atoms with Crippen LogP contribution in [0.25, 0.3) is 98.0 Å². The van der Waals surface area contributed by atoms with Gasteiger partial charge < -0.3 is 14.7 Å². The molecule has 3 heterocycles. The van der Waals surface area contributed by atoms with Gasteiger partial charge in [0.1, 0.15) is 0 Å². The molecule has 0 radical (unpaired) electrons. The second kappa shape index (κ2) is 19.5. The number of benzene rings is 11. The molecule has 95 heavy (non-hydrogen) atoms. The van der Waals surface area contributed by atoms with E-state index in [1.165, 1.54) is 170 Å². The van der Waals surface area contributed by atoms with E-state index >= 15 is 0 Å². The highest BCUT2D eigenvalue weighted by Gasteiger charge is 2.60. The smallest absolute Gasteiger partial charge is 0.0991 e. The molecule has 0 bridgehead atoms. The molecule has 6 unspecified atom stereocenters. The Labute approximate surface area is 556 Å². The zero-order valence-corrected chi connectivity index (χ0v) is 55.1. The topological polar surface area (TPSA) is 81.1 Å². The zero-order chi connectivity index (χ0) is 64.3. The minimum Gasteiger partial charge on any atom is -0.334 e. The van der Waals surface area contributed by atoms with Crippen LogP contribution in [0.1, 0.15) is 152 Å². The van der Waals surface area contributed by atoms with Crippen LogP contribution in [-0.2, 0) is 16.2 Å². The monoisotopic (exact) mass is 1230 g/mol. The predicted octanol–water partition coefficient (Wildman–Crippen LogP) is 23.3. The first kappa shape index (κ1) is 56.4. The normalized spacial score (nSPS) is 25.0. The Morgan fingerprint density at radius 3 is 0.968 bits per heavy atom. The first-order valence-corrected chi connectivity index (χ1v) is 34.9. The van der Waals surface area contributed by atoms with Crippen molar-refractivity contribution in [1.29, 1.82) is 15.8 Å². The van der Waals surface area contributed by atoms with Crippen molar-refractivity contribution >= 4 is 98.8 Å². The number of nitrogens with zero attached hydrogens (tertiary/aromatic N) is 6. The predicted molar refractivity (Wildman–Crippen MR) is 393 cm³/mol. The minimum absolute atomic E-state index is 0.0458. The molecule has 0 spiro atoms. The van der Waals surface area contributed by atoms with Crippen molar-refractivity contribution in [2.24, 2.45) is 0 Å². The zero-order valence-electron chi connectivity index (χ0n) is 55.1. The van der Waals surface area contributed by atoms with Gasteiger partial charge in [0.05, 0.1) is 51.5 Å². The first-order chi connectivity index (χ1) is 46.1. The molecule has 460 valence electrons. The third-order valence-electron chi connectivity index (χ3n) is 26.5. The largest absolute Gasteiger partial charge is 0.334 e. The van der Waals surface area contributed by atoms with Crippen LogP contribution in [-0.4, -0.2) is 16.6 Å². The molecule has 3 aliphatic heterocycles. The highest BCUT2D eigenvalue weighted by atomic mass is 15.3. The van der Waals surface area contributed by atoms with Crippen LogP contribution in [0.2, 0.25) is 0 Å². The lowest BCUT2D eigenvalue weighted by atomic mass is 9.61. The maximum absolute atomic E-state index is 9.86. The number of nitriles is 3. The fourth-order valence-electron chi connectivity index (χ4n) is 21.0. The van der Waals surface area contributed by atoms with E-state index < -0.39 is 0 Å². The van der Waals surface area contributed by atoms with E-state index in [4.69, 9.17) is 0 Å². The lowest BCUT2D eigenvalue weighted by Gasteiger charge is -2.50. The van der Waals surface area contributed by atoms with Gasteiger partial charge in [0.2, 0.25) is 0 Å². The van der Waals surface area contributed by atoms with Crippen molar-refractivity contribution in [3.05, 3.63) is 228 Å². The van der Waals surface area contributed by atoms with Crippen LogP contribution in [0.5, 0.6) is 0 Å². The van der Waals surface area contributed by atoms with Crippen LogP contribution >= 0.6 is 0 Å². The molecule has 6 atom stereocenters. The Kier molecular flexibility index (Phi) is 11.6.